The number of rotatable bonds is 8. The van der Waals surface area contributed by atoms with Crippen molar-refractivity contribution in [3.05, 3.63) is 47.1 Å². The van der Waals surface area contributed by atoms with Crippen LogP contribution in [0.15, 0.2) is 24.8 Å². The molecule has 1 fully saturated rings. The molecule has 34 heavy (non-hydrogen) atoms. The van der Waals surface area contributed by atoms with Gasteiger partial charge >= 0.3 is 0 Å². The van der Waals surface area contributed by atoms with Gasteiger partial charge in [-0.25, -0.2) is 4.68 Å². The second-order valence-electron chi connectivity index (χ2n) is 8.19. The lowest BCUT2D eigenvalue weighted by atomic mass is 9.99. The number of ether oxygens (including phenoxy) is 3. The molecule has 0 aliphatic carbocycles. The van der Waals surface area contributed by atoms with Gasteiger partial charge in [0.25, 0.3) is 0 Å². The fourth-order valence-electron chi connectivity index (χ4n) is 4.03. The van der Waals surface area contributed by atoms with Crippen LogP contribution >= 0.6 is 0 Å². The van der Waals surface area contributed by atoms with Crippen LogP contribution in [0.5, 0.6) is 11.6 Å². The first-order valence-corrected chi connectivity index (χ1v) is 11.2. The topological polar surface area (TPSA) is 107 Å². The van der Waals surface area contributed by atoms with Gasteiger partial charge in [0.05, 0.1) is 32.6 Å². The molecule has 0 spiro atoms. The van der Waals surface area contributed by atoms with E-state index in [2.05, 4.69) is 21.7 Å². The van der Waals surface area contributed by atoms with E-state index < -0.39 is 0 Å². The minimum absolute atomic E-state index is 0.00459. The summed E-state index contributed by atoms with van der Waals surface area (Å²) in [6, 6.07) is 5.41. The first-order chi connectivity index (χ1) is 16.3. The predicted octanol–water partition coefficient (Wildman–Crippen LogP) is 2.48. The van der Waals surface area contributed by atoms with E-state index in [0.717, 1.165) is 22.4 Å². The third-order valence-corrected chi connectivity index (χ3v) is 5.74. The molecule has 1 aliphatic heterocycles. The molecule has 1 aromatic carbocycles. The Kier molecular flexibility index (Phi) is 6.69. The zero-order valence-corrected chi connectivity index (χ0v) is 20.1. The van der Waals surface area contributed by atoms with Crippen molar-refractivity contribution in [3.63, 3.8) is 0 Å². The smallest absolute Gasteiger partial charge is 0.242 e. The summed E-state index contributed by atoms with van der Waals surface area (Å²) < 4.78 is 19.4. The molecule has 1 saturated heterocycles. The lowest BCUT2D eigenvalue weighted by Crippen LogP contribution is -2.36. The zero-order valence-electron chi connectivity index (χ0n) is 20.1. The van der Waals surface area contributed by atoms with Crippen molar-refractivity contribution in [2.24, 2.45) is 0 Å². The summed E-state index contributed by atoms with van der Waals surface area (Å²) in [5, 5.41) is 17.3. The molecule has 10 heteroatoms. The van der Waals surface area contributed by atoms with Gasteiger partial charge in [-0.2, -0.15) is 4.52 Å². The lowest BCUT2D eigenvalue weighted by molar-refractivity contribution is 0.0965. The number of carbonyl (C=O) groups is 1. The summed E-state index contributed by atoms with van der Waals surface area (Å²) >= 11 is 0. The van der Waals surface area contributed by atoms with Gasteiger partial charge in [0.15, 0.2) is 11.4 Å². The second-order valence-corrected chi connectivity index (χ2v) is 8.19. The quantitative estimate of drug-likeness (QED) is 0.508. The molecule has 3 aromatic rings. The van der Waals surface area contributed by atoms with Gasteiger partial charge in [-0.05, 0) is 38.5 Å². The third kappa shape index (κ3) is 4.41. The fraction of sp³-hybridized carbons (Fsp3) is 0.417. The summed E-state index contributed by atoms with van der Waals surface area (Å²) in [6.45, 7) is 12.7. The molecule has 0 amide bonds. The molecule has 1 N–H and O–H groups in total. The van der Waals surface area contributed by atoms with Crippen LogP contribution in [-0.4, -0.2) is 65.2 Å². The van der Waals surface area contributed by atoms with Crippen molar-refractivity contribution in [3.8, 4) is 11.6 Å². The number of aryl methyl sites for hydroxylation is 1. The molecule has 0 unspecified atom stereocenters. The first-order valence-electron chi connectivity index (χ1n) is 11.2. The molecule has 0 atom stereocenters. The molecule has 4 rings (SSSR count). The van der Waals surface area contributed by atoms with E-state index in [1.165, 1.54) is 9.20 Å². The van der Waals surface area contributed by atoms with E-state index >= 15 is 0 Å². The van der Waals surface area contributed by atoms with Crippen molar-refractivity contribution in [2.75, 3.05) is 44.9 Å². The standard InChI is InChI=1S/C24H30N6O4/c1-6-34-21-11-16(4)23-27-29(24(25)30(23)26-21)14-20(31)17-12-18(15(2)3)22(32-5)19(13-17)28-7-9-33-10-8-28/h11-13,25H,2,6-10,14H2,1,3-5H3. The number of fused-ring (bicyclic) bond motifs is 1. The minimum Gasteiger partial charge on any atom is -0.494 e. The second kappa shape index (κ2) is 9.68. The average Bonchev–Trinajstić information content (AvgIpc) is 3.14. The average molecular weight is 467 g/mol. The van der Waals surface area contributed by atoms with E-state index in [1.807, 2.05) is 26.8 Å². The Labute approximate surface area is 197 Å². The number of carbonyl (C=O) groups excluding carboxylic acids is 1. The zero-order chi connectivity index (χ0) is 24.4. The van der Waals surface area contributed by atoms with Gasteiger partial charge in [0.2, 0.25) is 11.5 Å². The summed E-state index contributed by atoms with van der Waals surface area (Å²) in [5.74, 6) is 0.924. The summed E-state index contributed by atoms with van der Waals surface area (Å²) in [4.78, 5) is 15.5. The number of methoxy groups -OCH3 is 1. The van der Waals surface area contributed by atoms with Crippen molar-refractivity contribution in [2.45, 2.75) is 27.3 Å². The van der Waals surface area contributed by atoms with Crippen molar-refractivity contribution < 1.29 is 19.0 Å². The van der Waals surface area contributed by atoms with Crippen molar-refractivity contribution in [1.82, 2.24) is 19.4 Å². The number of hydrogen-bond donors (Lipinski definition) is 1. The van der Waals surface area contributed by atoms with Gasteiger partial charge in [-0.3, -0.25) is 10.2 Å². The normalized spacial score (nSPS) is 13.8. The molecule has 10 nitrogen and oxygen atoms in total. The summed E-state index contributed by atoms with van der Waals surface area (Å²) in [7, 11) is 1.62. The molecule has 180 valence electrons. The highest BCUT2D eigenvalue weighted by atomic mass is 16.5. The van der Waals surface area contributed by atoms with Gasteiger partial charge < -0.3 is 19.1 Å². The number of nitrogens with zero attached hydrogens (tertiary/aromatic N) is 5. The predicted molar refractivity (Wildman–Crippen MR) is 128 cm³/mol. The minimum atomic E-state index is -0.177. The maximum Gasteiger partial charge on any atom is 0.242 e. The maximum atomic E-state index is 13.4. The number of morpholine rings is 1. The first kappa shape index (κ1) is 23.5. The SMILES string of the molecule is C=C(C)c1cc(C(=O)Cn2nc3c(C)cc(OCC)nn3c2=N)cc(N2CCOCC2)c1OC. The van der Waals surface area contributed by atoms with E-state index in [0.29, 0.717) is 55.8 Å². The van der Waals surface area contributed by atoms with E-state index in [-0.39, 0.29) is 17.9 Å². The number of nitrogens with one attached hydrogen (secondary N) is 1. The van der Waals surface area contributed by atoms with Gasteiger partial charge in [-0.15, -0.1) is 10.2 Å². The molecule has 0 radical (unpaired) electrons. The highest BCUT2D eigenvalue weighted by Crippen LogP contribution is 2.37. The Morgan fingerprint density at radius 1 is 1.24 bits per heavy atom. The van der Waals surface area contributed by atoms with Crippen LogP contribution in [0, 0.1) is 12.3 Å². The van der Waals surface area contributed by atoms with Gasteiger partial charge in [0, 0.05) is 35.8 Å². The maximum absolute atomic E-state index is 13.4. The molecular formula is C24H30N6O4. The van der Waals surface area contributed by atoms with Crippen LogP contribution in [0.4, 0.5) is 5.69 Å². The van der Waals surface area contributed by atoms with Crippen molar-refractivity contribution >= 4 is 22.7 Å². The number of ketones is 1. The van der Waals surface area contributed by atoms with Gasteiger partial charge in [-0.1, -0.05) is 6.58 Å². The molecule has 1 aliphatic rings. The number of aromatic nitrogens is 4. The Bertz CT molecular complexity index is 1300. The number of allylic oxidation sites excluding steroid dienone is 1. The van der Waals surface area contributed by atoms with Crippen LogP contribution in [0.1, 0.15) is 35.3 Å². The monoisotopic (exact) mass is 466 g/mol. The molecule has 3 heterocycles. The van der Waals surface area contributed by atoms with E-state index in [4.69, 9.17) is 19.6 Å². The molecular weight excluding hydrogens is 436 g/mol. The van der Waals surface area contributed by atoms with Crippen LogP contribution < -0.4 is 20.0 Å². The number of hydrogen-bond acceptors (Lipinski definition) is 8. The highest BCUT2D eigenvalue weighted by molar-refractivity contribution is 5.99. The molecule has 0 bridgehead atoms. The van der Waals surface area contributed by atoms with E-state index in [1.54, 1.807) is 19.2 Å². The third-order valence-electron chi connectivity index (χ3n) is 5.74. The Morgan fingerprint density at radius 2 is 1.97 bits per heavy atom. The Morgan fingerprint density at radius 3 is 2.62 bits per heavy atom. The summed E-state index contributed by atoms with van der Waals surface area (Å²) in [5.41, 5.74) is 4.22. The molecule has 2 aromatic heterocycles. The van der Waals surface area contributed by atoms with Crippen LogP contribution in [0.25, 0.3) is 11.2 Å². The number of benzene rings is 1. The summed E-state index contributed by atoms with van der Waals surface area (Å²) in [6.07, 6.45) is 0. The van der Waals surface area contributed by atoms with Crippen LogP contribution in [0.3, 0.4) is 0 Å². The largest absolute Gasteiger partial charge is 0.494 e. The number of anilines is 1. The molecule has 0 saturated carbocycles. The number of Topliss-reactive ketones (excluding diaryl/α,β-unsaturated/α-hetero) is 1. The highest BCUT2D eigenvalue weighted by Gasteiger charge is 2.22. The van der Waals surface area contributed by atoms with Crippen molar-refractivity contribution in [1.29, 1.82) is 5.41 Å². The fourth-order valence-corrected chi connectivity index (χ4v) is 4.03. The van der Waals surface area contributed by atoms with E-state index in [9.17, 15) is 4.79 Å². The van der Waals surface area contributed by atoms with Crippen LogP contribution in [-0.2, 0) is 11.3 Å². The Balaban J connectivity index is 1.73. The van der Waals surface area contributed by atoms with Gasteiger partial charge in [0.1, 0.15) is 12.3 Å². The lowest BCUT2D eigenvalue weighted by Gasteiger charge is -2.31. The Hall–Kier alpha value is -3.66. The van der Waals surface area contributed by atoms with Crippen LogP contribution in [0.2, 0.25) is 0 Å².